The molecule has 1 amide bonds. The van der Waals surface area contributed by atoms with Gasteiger partial charge in [0.1, 0.15) is 12.2 Å². The zero-order valence-electron chi connectivity index (χ0n) is 14.7. The molecule has 0 aromatic carbocycles. The number of nitrogens with one attached hydrogen (secondary N) is 1. The molecule has 1 aliphatic heterocycles. The van der Waals surface area contributed by atoms with Crippen LogP contribution in [-0.2, 0) is 0 Å². The van der Waals surface area contributed by atoms with Crippen LogP contribution in [0.4, 0.5) is 0 Å². The molecule has 130 valence electrons. The third kappa shape index (κ3) is 2.95. The lowest BCUT2D eigenvalue weighted by Gasteiger charge is -2.34. The summed E-state index contributed by atoms with van der Waals surface area (Å²) >= 11 is 0. The molecule has 1 unspecified atom stereocenters. The van der Waals surface area contributed by atoms with Crippen molar-refractivity contribution in [3.8, 4) is 0 Å². The standard InChI is InChI=1S/C17H26N6O/c1-4-13(5-2)23-12(3)14(10-20-23)17(24)22-9-7-6-8-15(22)16-18-11-19-21-16/h10-11,13,15H,4-9H2,1-3H3,(H,18,19,21). The molecule has 0 saturated carbocycles. The van der Waals surface area contributed by atoms with Crippen molar-refractivity contribution >= 4 is 5.91 Å². The summed E-state index contributed by atoms with van der Waals surface area (Å²) in [4.78, 5) is 19.3. The monoisotopic (exact) mass is 330 g/mol. The molecule has 0 radical (unpaired) electrons. The van der Waals surface area contributed by atoms with Crippen LogP contribution in [0.2, 0.25) is 0 Å². The lowest BCUT2D eigenvalue weighted by molar-refractivity contribution is 0.0599. The van der Waals surface area contributed by atoms with E-state index in [0.717, 1.165) is 50.2 Å². The second-order valence-corrected chi connectivity index (χ2v) is 6.44. The summed E-state index contributed by atoms with van der Waals surface area (Å²) in [6.07, 6.45) is 8.29. The quantitative estimate of drug-likeness (QED) is 0.914. The summed E-state index contributed by atoms with van der Waals surface area (Å²) in [6.45, 7) is 7.05. The first-order valence-corrected chi connectivity index (χ1v) is 8.87. The van der Waals surface area contributed by atoms with Crippen molar-refractivity contribution < 1.29 is 4.79 Å². The lowest BCUT2D eigenvalue weighted by Crippen LogP contribution is -2.39. The Balaban J connectivity index is 1.87. The van der Waals surface area contributed by atoms with Crippen molar-refractivity contribution in [3.05, 3.63) is 29.6 Å². The molecule has 7 heteroatoms. The average Bonchev–Trinajstić information content (AvgIpc) is 3.26. The molecule has 0 bridgehead atoms. The van der Waals surface area contributed by atoms with Gasteiger partial charge in [-0.3, -0.25) is 14.6 Å². The number of aromatic amines is 1. The normalized spacial score (nSPS) is 18.3. The van der Waals surface area contributed by atoms with Gasteiger partial charge in [-0.25, -0.2) is 4.98 Å². The van der Waals surface area contributed by atoms with Gasteiger partial charge in [-0.1, -0.05) is 13.8 Å². The zero-order chi connectivity index (χ0) is 17.1. The minimum absolute atomic E-state index is 0.0235. The number of rotatable bonds is 5. The fourth-order valence-electron chi connectivity index (χ4n) is 3.63. The lowest BCUT2D eigenvalue weighted by atomic mass is 10.0. The van der Waals surface area contributed by atoms with Crippen molar-refractivity contribution in [2.45, 2.75) is 65.0 Å². The fourth-order valence-corrected chi connectivity index (χ4v) is 3.63. The van der Waals surface area contributed by atoms with E-state index in [-0.39, 0.29) is 11.9 Å². The Morgan fingerprint density at radius 1 is 1.38 bits per heavy atom. The number of carbonyl (C=O) groups excluding carboxylic acids is 1. The van der Waals surface area contributed by atoms with Crippen LogP contribution in [0.3, 0.4) is 0 Å². The number of amides is 1. The highest BCUT2D eigenvalue weighted by Gasteiger charge is 2.32. The smallest absolute Gasteiger partial charge is 0.257 e. The SMILES string of the molecule is CCC(CC)n1ncc(C(=O)N2CCCCC2c2ncn[nH]2)c1C. The molecule has 2 aromatic rings. The molecule has 3 heterocycles. The van der Waals surface area contributed by atoms with E-state index >= 15 is 0 Å². The van der Waals surface area contributed by atoms with E-state index in [1.807, 2.05) is 16.5 Å². The molecule has 1 aliphatic rings. The maximum absolute atomic E-state index is 13.1. The highest BCUT2D eigenvalue weighted by molar-refractivity contribution is 5.95. The third-order valence-corrected chi connectivity index (χ3v) is 5.08. The highest BCUT2D eigenvalue weighted by Crippen LogP contribution is 2.31. The molecule has 0 aliphatic carbocycles. The number of nitrogens with zero attached hydrogens (tertiary/aromatic N) is 5. The number of likely N-dealkylation sites (tertiary alicyclic amines) is 1. The van der Waals surface area contributed by atoms with Gasteiger partial charge in [-0.15, -0.1) is 0 Å². The van der Waals surface area contributed by atoms with E-state index in [0.29, 0.717) is 11.6 Å². The van der Waals surface area contributed by atoms with Gasteiger partial charge in [0.05, 0.1) is 23.8 Å². The van der Waals surface area contributed by atoms with Gasteiger partial charge >= 0.3 is 0 Å². The minimum Gasteiger partial charge on any atom is -0.328 e. The Morgan fingerprint density at radius 3 is 2.83 bits per heavy atom. The summed E-state index contributed by atoms with van der Waals surface area (Å²) in [5.41, 5.74) is 1.66. The van der Waals surface area contributed by atoms with E-state index in [2.05, 4.69) is 34.1 Å². The second kappa shape index (κ2) is 7.15. The van der Waals surface area contributed by atoms with Gasteiger partial charge in [0.25, 0.3) is 5.91 Å². The van der Waals surface area contributed by atoms with Crippen LogP contribution >= 0.6 is 0 Å². The summed E-state index contributed by atoms with van der Waals surface area (Å²) in [7, 11) is 0. The molecule has 7 nitrogen and oxygen atoms in total. The Labute approximate surface area is 142 Å². The maximum atomic E-state index is 13.1. The first-order chi connectivity index (χ1) is 11.7. The van der Waals surface area contributed by atoms with Gasteiger partial charge in [-0.2, -0.15) is 10.2 Å². The minimum atomic E-state index is -0.0235. The predicted octanol–water partition coefficient (Wildman–Crippen LogP) is 3.04. The van der Waals surface area contributed by atoms with Crippen molar-refractivity contribution in [1.82, 2.24) is 29.9 Å². The largest absolute Gasteiger partial charge is 0.328 e. The number of hydrogen-bond acceptors (Lipinski definition) is 4. The van der Waals surface area contributed by atoms with Gasteiger partial charge in [0, 0.05) is 12.2 Å². The number of carbonyl (C=O) groups is 1. The van der Waals surface area contributed by atoms with Crippen LogP contribution in [-0.4, -0.2) is 42.3 Å². The van der Waals surface area contributed by atoms with Crippen LogP contribution in [0.5, 0.6) is 0 Å². The summed E-state index contributed by atoms with van der Waals surface area (Å²) in [5.74, 6) is 0.818. The second-order valence-electron chi connectivity index (χ2n) is 6.44. The Bertz CT molecular complexity index is 673. The van der Waals surface area contributed by atoms with Gasteiger partial charge in [-0.05, 0) is 39.0 Å². The first-order valence-electron chi connectivity index (χ1n) is 8.87. The van der Waals surface area contributed by atoms with Crippen molar-refractivity contribution in [2.24, 2.45) is 0 Å². The molecule has 24 heavy (non-hydrogen) atoms. The molecular weight excluding hydrogens is 304 g/mol. The molecular formula is C17H26N6O. The van der Waals surface area contributed by atoms with E-state index in [4.69, 9.17) is 0 Å². The van der Waals surface area contributed by atoms with Crippen molar-refractivity contribution in [1.29, 1.82) is 0 Å². The number of H-pyrrole nitrogens is 1. The third-order valence-electron chi connectivity index (χ3n) is 5.08. The van der Waals surface area contributed by atoms with Crippen LogP contribution < -0.4 is 0 Å². The fraction of sp³-hybridized carbons (Fsp3) is 0.647. The van der Waals surface area contributed by atoms with Gasteiger partial charge in [0.15, 0.2) is 0 Å². The predicted molar refractivity (Wildman–Crippen MR) is 90.6 cm³/mol. The summed E-state index contributed by atoms with van der Waals surface area (Å²) < 4.78 is 2.00. The van der Waals surface area contributed by atoms with Gasteiger partial charge < -0.3 is 4.90 Å². The van der Waals surface area contributed by atoms with Crippen LogP contribution in [0.1, 0.15) is 79.9 Å². The summed E-state index contributed by atoms with van der Waals surface area (Å²) in [5, 5.41) is 11.4. The topological polar surface area (TPSA) is 79.7 Å². The van der Waals surface area contributed by atoms with Crippen molar-refractivity contribution in [2.75, 3.05) is 6.54 Å². The van der Waals surface area contributed by atoms with Crippen LogP contribution in [0, 0.1) is 6.92 Å². The molecule has 1 saturated heterocycles. The molecule has 3 rings (SSSR count). The molecule has 1 atom stereocenters. The molecule has 1 N–H and O–H groups in total. The first kappa shape index (κ1) is 16.7. The van der Waals surface area contributed by atoms with E-state index in [1.54, 1.807) is 6.20 Å². The number of piperidine rings is 1. The molecule has 0 spiro atoms. The highest BCUT2D eigenvalue weighted by atomic mass is 16.2. The Hall–Kier alpha value is -2.18. The molecule has 2 aromatic heterocycles. The average molecular weight is 330 g/mol. The molecule has 1 fully saturated rings. The van der Waals surface area contributed by atoms with Crippen LogP contribution in [0.15, 0.2) is 12.5 Å². The van der Waals surface area contributed by atoms with Crippen LogP contribution in [0.25, 0.3) is 0 Å². The maximum Gasteiger partial charge on any atom is 0.257 e. The summed E-state index contributed by atoms with van der Waals surface area (Å²) in [6, 6.07) is 0.322. The Kier molecular flexibility index (Phi) is 4.97. The van der Waals surface area contributed by atoms with Crippen molar-refractivity contribution in [3.63, 3.8) is 0 Å². The zero-order valence-corrected chi connectivity index (χ0v) is 14.7. The number of hydrogen-bond donors (Lipinski definition) is 1. The number of aromatic nitrogens is 5. The van der Waals surface area contributed by atoms with Gasteiger partial charge in [0.2, 0.25) is 0 Å². The van der Waals surface area contributed by atoms with E-state index < -0.39 is 0 Å². The van der Waals surface area contributed by atoms with E-state index in [1.165, 1.54) is 6.33 Å². The Morgan fingerprint density at radius 2 is 2.17 bits per heavy atom. The van der Waals surface area contributed by atoms with E-state index in [9.17, 15) is 4.79 Å².